The number of nitrogens with zero attached hydrogens (tertiary/aromatic N) is 2. The fourth-order valence-electron chi connectivity index (χ4n) is 3.78. The van der Waals surface area contributed by atoms with Gasteiger partial charge in [0.25, 0.3) is 5.91 Å². The van der Waals surface area contributed by atoms with E-state index < -0.39 is 5.82 Å². The molecule has 1 aromatic heterocycles. The number of piperidine rings is 1. The maximum Gasteiger partial charge on any atom is 0.260 e. The molecule has 0 unspecified atom stereocenters. The molecule has 0 bridgehead atoms. The van der Waals surface area contributed by atoms with E-state index in [2.05, 4.69) is 4.98 Å². The van der Waals surface area contributed by atoms with Gasteiger partial charge in [0.15, 0.2) is 12.5 Å². The number of rotatable bonds is 7. The maximum atomic E-state index is 13.3. The van der Waals surface area contributed by atoms with Crippen LogP contribution in [0.4, 0.5) is 4.39 Å². The number of oxazole rings is 1. The molecule has 2 heterocycles. The highest BCUT2D eigenvalue weighted by atomic mass is 19.1. The molecule has 1 amide bonds. The summed E-state index contributed by atoms with van der Waals surface area (Å²) in [6, 6.07) is 13.6. The van der Waals surface area contributed by atoms with Gasteiger partial charge >= 0.3 is 0 Å². The zero-order valence-corrected chi connectivity index (χ0v) is 17.4. The number of halogens is 1. The Morgan fingerprint density at radius 1 is 1.23 bits per heavy atom. The molecule has 7 heteroatoms. The first-order valence-electron chi connectivity index (χ1n) is 10.3. The van der Waals surface area contributed by atoms with Crippen molar-refractivity contribution in [1.82, 2.24) is 9.88 Å². The first-order valence-corrected chi connectivity index (χ1v) is 10.3. The quantitative estimate of drug-likeness (QED) is 0.569. The predicted molar refractivity (Wildman–Crippen MR) is 113 cm³/mol. The van der Waals surface area contributed by atoms with Crippen LogP contribution >= 0.6 is 0 Å². The lowest BCUT2D eigenvalue weighted by molar-refractivity contribution is -0.134. The molecule has 0 N–H and O–H groups in total. The number of carbonyl (C=O) groups is 1. The summed E-state index contributed by atoms with van der Waals surface area (Å²) in [4.78, 5) is 18.8. The highest BCUT2D eigenvalue weighted by Crippen LogP contribution is 2.28. The van der Waals surface area contributed by atoms with Crippen LogP contribution in [0.1, 0.15) is 36.0 Å². The smallest absolute Gasteiger partial charge is 0.260 e. The summed E-state index contributed by atoms with van der Waals surface area (Å²) in [5, 5.41) is 0. The highest BCUT2D eigenvalue weighted by Gasteiger charge is 2.28. The lowest BCUT2D eigenvalue weighted by Gasteiger charge is -2.31. The number of aromatic nitrogens is 1. The lowest BCUT2D eigenvalue weighted by Crippen LogP contribution is -2.41. The number of ether oxygens (including phenoxy) is 2. The third kappa shape index (κ3) is 5.42. The number of methoxy groups -OCH3 is 1. The number of likely N-dealkylation sites (tertiary alicyclic amines) is 1. The maximum absolute atomic E-state index is 13.3. The minimum atomic E-state index is -0.392. The van der Waals surface area contributed by atoms with Crippen LogP contribution in [0, 0.1) is 5.82 Å². The average Bonchev–Trinajstić information content (AvgIpc) is 3.26. The van der Waals surface area contributed by atoms with Gasteiger partial charge in [-0.15, -0.1) is 0 Å². The number of carbonyl (C=O) groups excluding carboxylic acids is 1. The Hall–Kier alpha value is -3.35. The average molecular weight is 424 g/mol. The standard InChI is InChI=1S/C24H25FN2O4/c1-29-20-8-2-5-17(11-20)12-22-14-26-24(31-22)18-6-4-10-27(15-18)23(28)16-30-21-9-3-7-19(25)13-21/h2-3,5,7-9,11,13-14,18H,4,6,10,12,15-16H2,1H3/t18-/m1/s1. The van der Waals surface area contributed by atoms with Crippen LogP contribution in [0.5, 0.6) is 11.5 Å². The zero-order valence-electron chi connectivity index (χ0n) is 17.4. The number of amides is 1. The SMILES string of the molecule is COc1cccc(Cc2cnc([C@@H]3CCCN(C(=O)COc4cccc(F)c4)C3)o2)c1. The third-order valence-corrected chi connectivity index (χ3v) is 5.37. The van der Waals surface area contributed by atoms with E-state index in [0.29, 0.717) is 31.2 Å². The van der Waals surface area contributed by atoms with Gasteiger partial charge in [0.2, 0.25) is 0 Å². The molecule has 0 spiro atoms. The van der Waals surface area contributed by atoms with Gasteiger partial charge in [0.05, 0.1) is 19.2 Å². The van der Waals surface area contributed by atoms with Crippen LogP contribution in [-0.2, 0) is 11.2 Å². The Morgan fingerprint density at radius 2 is 2.06 bits per heavy atom. The van der Waals surface area contributed by atoms with Gasteiger partial charge in [-0.3, -0.25) is 4.79 Å². The summed E-state index contributed by atoms with van der Waals surface area (Å²) in [5.41, 5.74) is 1.08. The second-order valence-corrected chi connectivity index (χ2v) is 7.62. The lowest BCUT2D eigenvalue weighted by atomic mass is 9.98. The number of benzene rings is 2. The molecule has 3 aromatic rings. The van der Waals surface area contributed by atoms with Crippen LogP contribution < -0.4 is 9.47 Å². The van der Waals surface area contributed by atoms with Gasteiger partial charge in [-0.2, -0.15) is 0 Å². The van der Waals surface area contributed by atoms with Crippen molar-refractivity contribution in [2.45, 2.75) is 25.2 Å². The van der Waals surface area contributed by atoms with Crippen molar-refractivity contribution in [3.63, 3.8) is 0 Å². The number of hydrogen-bond donors (Lipinski definition) is 0. The Labute approximate surface area is 180 Å². The van der Waals surface area contributed by atoms with Gasteiger partial charge in [0.1, 0.15) is 23.1 Å². The van der Waals surface area contributed by atoms with Crippen LogP contribution in [0.2, 0.25) is 0 Å². The third-order valence-electron chi connectivity index (χ3n) is 5.37. The van der Waals surface area contributed by atoms with E-state index in [1.54, 1.807) is 30.3 Å². The minimum absolute atomic E-state index is 0.0472. The van der Waals surface area contributed by atoms with Crippen molar-refractivity contribution in [3.8, 4) is 11.5 Å². The molecule has 0 radical (unpaired) electrons. The van der Waals surface area contributed by atoms with Gasteiger partial charge in [-0.1, -0.05) is 18.2 Å². The Morgan fingerprint density at radius 3 is 2.90 bits per heavy atom. The monoisotopic (exact) mass is 424 g/mol. The molecule has 1 aliphatic rings. The largest absolute Gasteiger partial charge is 0.497 e. The number of hydrogen-bond acceptors (Lipinski definition) is 5. The molecular weight excluding hydrogens is 399 g/mol. The molecule has 4 rings (SSSR count). The molecule has 1 fully saturated rings. The van der Waals surface area contributed by atoms with E-state index in [1.165, 1.54) is 12.1 Å². The normalized spacial score (nSPS) is 16.2. The second kappa shape index (κ2) is 9.64. The van der Waals surface area contributed by atoms with Gasteiger partial charge in [0, 0.05) is 25.6 Å². The van der Waals surface area contributed by atoms with Gasteiger partial charge < -0.3 is 18.8 Å². The summed E-state index contributed by atoms with van der Waals surface area (Å²) < 4.78 is 30.0. The molecule has 1 aliphatic heterocycles. The van der Waals surface area contributed by atoms with Crippen LogP contribution in [0.3, 0.4) is 0 Å². The van der Waals surface area contributed by atoms with Crippen molar-refractivity contribution in [1.29, 1.82) is 0 Å². The van der Waals surface area contributed by atoms with Crippen LogP contribution in [-0.4, -0.2) is 42.6 Å². The van der Waals surface area contributed by atoms with Gasteiger partial charge in [-0.25, -0.2) is 9.37 Å². The minimum Gasteiger partial charge on any atom is -0.497 e. The van der Waals surface area contributed by atoms with E-state index in [0.717, 1.165) is 29.9 Å². The van der Waals surface area contributed by atoms with E-state index in [9.17, 15) is 9.18 Å². The molecule has 1 saturated heterocycles. The highest BCUT2D eigenvalue weighted by molar-refractivity contribution is 5.78. The summed E-state index contributed by atoms with van der Waals surface area (Å²) in [5.74, 6) is 2.11. The molecule has 2 aromatic carbocycles. The molecule has 31 heavy (non-hydrogen) atoms. The Bertz CT molecular complexity index is 1040. The summed E-state index contributed by atoms with van der Waals surface area (Å²) in [6.07, 6.45) is 4.15. The predicted octanol–water partition coefficient (Wildman–Crippen LogP) is 4.20. The van der Waals surface area contributed by atoms with E-state index in [4.69, 9.17) is 13.9 Å². The van der Waals surface area contributed by atoms with Crippen LogP contribution in [0.15, 0.2) is 59.1 Å². The van der Waals surface area contributed by atoms with E-state index in [-0.39, 0.29) is 18.4 Å². The van der Waals surface area contributed by atoms with Crippen molar-refractivity contribution in [2.24, 2.45) is 0 Å². The van der Waals surface area contributed by atoms with Crippen molar-refractivity contribution < 1.29 is 23.1 Å². The molecule has 6 nitrogen and oxygen atoms in total. The summed E-state index contributed by atoms with van der Waals surface area (Å²) in [6.45, 7) is 1.08. The Balaban J connectivity index is 1.34. The van der Waals surface area contributed by atoms with E-state index >= 15 is 0 Å². The molecule has 1 atom stereocenters. The van der Waals surface area contributed by atoms with Crippen LogP contribution in [0.25, 0.3) is 0 Å². The molecular formula is C24H25FN2O4. The topological polar surface area (TPSA) is 64.8 Å². The second-order valence-electron chi connectivity index (χ2n) is 7.62. The summed E-state index contributed by atoms with van der Waals surface area (Å²) >= 11 is 0. The fraction of sp³-hybridized carbons (Fsp3) is 0.333. The van der Waals surface area contributed by atoms with Crippen molar-refractivity contribution >= 4 is 5.91 Å². The molecule has 0 aliphatic carbocycles. The first kappa shape index (κ1) is 20.9. The first-order chi connectivity index (χ1) is 15.1. The van der Waals surface area contributed by atoms with Crippen molar-refractivity contribution in [3.05, 3.63) is 77.8 Å². The van der Waals surface area contributed by atoms with Gasteiger partial charge in [-0.05, 0) is 42.7 Å². The van der Waals surface area contributed by atoms with Crippen molar-refractivity contribution in [2.75, 3.05) is 26.8 Å². The fourth-order valence-corrected chi connectivity index (χ4v) is 3.78. The molecule has 0 saturated carbocycles. The Kier molecular flexibility index (Phi) is 6.50. The van der Waals surface area contributed by atoms with E-state index in [1.807, 2.05) is 24.3 Å². The molecule has 162 valence electrons. The summed E-state index contributed by atoms with van der Waals surface area (Å²) in [7, 11) is 1.64. The zero-order chi connectivity index (χ0) is 21.6.